The van der Waals surface area contributed by atoms with Crippen molar-refractivity contribution in [3.8, 4) is 11.5 Å². The van der Waals surface area contributed by atoms with Gasteiger partial charge in [-0.15, -0.1) is 11.3 Å². The molecule has 1 N–H and O–H groups in total. The Morgan fingerprint density at radius 2 is 2.11 bits per heavy atom. The lowest BCUT2D eigenvalue weighted by atomic mass is 10.3. The lowest BCUT2D eigenvalue weighted by molar-refractivity contribution is 0.0554. The Morgan fingerprint density at radius 1 is 1.22 bits per heavy atom. The van der Waals surface area contributed by atoms with Crippen molar-refractivity contribution < 1.29 is 18.8 Å². The first-order chi connectivity index (χ1) is 13.2. The van der Waals surface area contributed by atoms with Gasteiger partial charge >= 0.3 is 5.97 Å². The molecule has 0 atom stereocenters. The van der Waals surface area contributed by atoms with Crippen LogP contribution >= 0.6 is 11.3 Å². The van der Waals surface area contributed by atoms with E-state index < -0.39 is 11.9 Å². The van der Waals surface area contributed by atoms with Crippen molar-refractivity contribution in [2.45, 2.75) is 0 Å². The zero-order valence-electron chi connectivity index (χ0n) is 13.9. The summed E-state index contributed by atoms with van der Waals surface area (Å²) in [6, 6.07) is 8.40. The second-order valence-corrected chi connectivity index (χ2v) is 6.17. The van der Waals surface area contributed by atoms with Crippen LogP contribution in [0.1, 0.15) is 21.0 Å². The molecule has 4 aromatic rings. The highest BCUT2D eigenvalue weighted by Gasteiger charge is 2.20. The lowest BCUT2D eigenvalue weighted by Gasteiger charge is -2.06. The summed E-state index contributed by atoms with van der Waals surface area (Å²) in [5.41, 5.74) is 0.509. The molecule has 10 heteroatoms. The summed E-state index contributed by atoms with van der Waals surface area (Å²) < 4.78 is 9.34. The molecule has 0 unspecified atom stereocenters. The summed E-state index contributed by atoms with van der Waals surface area (Å²) in [6.07, 6.45) is 1.64. The molecule has 0 saturated carbocycles. The standard InChI is InChI=1S/C17H11N5O4S/c1-25-17(24)12-8-11(22-26-12)15(23)20-13-9-5-7-27-16(9)21-14(19-13)10-4-2-3-6-18-10/h2-8H,1H3,(H,19,20,21,23). The molecule has 0 aliphatic carbocycles. The minimum absolute atomic E-state index is 0.0724. The summed E-state index contributed by atoms with van der Waals surface area (Å²) in [6.45, 7) is 0. The number of nitrogens with one attached hydrogen (secondary N) is 1. The molecule has 9 nitrogen and oxygen atoms in total. The lowest BCUT2D eigenvalue weighted by Crippen LogP contribution is -2.14. The number of anilines is 1. The quantitative estimate of drug-likeness (QED) is 0.536. The van der Waals surface area contributed by atoms with Gasteiger partial charge in [-0.3, -0.25) is 9.78 Å². The second kappa shape index (κ2) is 6.92. The van der Waals surface area contributed by atoms with E-state index in [0.29, 0.717) is 27.6 Å². The maximum Gasteiger partial charge on any atom is 0.376 e. The zero-order valence-corrected chi connectivity index (χ0v) is 14.7. The summed E-state index contributed by atoms with van der Waals surface area (Å²) in [7, 11) is 1.21. The van der Waals surface area contributed by atoms with E-state index >= 15 is 0 Å². The molecule has 0 saturated heterocycles. The number of esters is 1. The van der Waals surface area contributed by atoms with Crippen molar-refractivity contribution in [1.29, 1.82) is 0 Å². The number of hydrogen-bond acceptors (Lipinski definition) is 9. The van der Waals surface area contributed by atoms with Crippen molar-refractivity contribution in [3.63, 3.8) is 0 Å². The first-order valence-electron chi connectivity index (χ1n) is 7.69. The highest BCUT2D eigenvalue weighted by Crippen LogP contribution is 2.28. The fourth-order valence-electron chi connectivity index (χ4n) is 2.31. The Morgan fingerprint density at radius 3 is 2.89 bits per heavy atom. The van der Waals surface area contributed by atoms with Crippen LogP contribution < -0.4 is 5.32 Å². The largest absolute Gasteiger partial charge is 0.463 e. The molecule has 4 rings (SSSR count). The van der Waals surface area contributed by atoms with Crippen LogP contribution in [0.15, 0.2) is 46.4 Å². The number of pyridine rings is 1. The predicted octanol–water partition coefficient (Wildman–Crippen LogP) is 2.78. The number of nitrogens with zero attached hydrogens (tertiary/aromatic N) is 4. The number of rotatable bonds is 4. The van der Waals surface area contributed by atoms with Gasteiger partial charge in [0.2, 0.25) is 5.76 Å². The second-order valence-electron chi connectivity index (χ2n) is 5.27. The van der Waals surface area contributed by atoms with Crippen molar-refractivity contribution in [2.24, 2.45) is 0 Å². The van der Waals surface area contributed by atoms with E-state index in [9.17, 15) is 9.59 Å². The fourth-order valence-corrected chi connectivity index (χ4v) is 3.07. The van der Waals surface area contributed by atoms with E-state index in [4.69, 9.17) is 4.52 Å². The number of methoxy groups -OCH3 is 1. The maximum atomic E-state index is 12.5. The van der Waals surface area contributed by atoms with Gasteiger partial charge in [0.1, 0.15) is 16.3 Å². The first kappa shape index (κ1) is 16.8. The van der Waals surface area contributed by atoms with Gasteiger partial charge in [0, 0.05) is 12.3 Å². The van der Waals surface area contributed by atoms with Crippen LogP contribution in [0.3, 0.4) is 0 Å². The Balaban J connectivity index is 1.69. The maximum absolute atomic E-state index is 12.5. The van der Waals surface area contributed by atoms with Gasteiger partial charge in [-0.2, -0.15) is 0 Å². The van der Waals surface area contributed by atoms with E-state index in [2.05, 4.69) is 30.2 Å². The summed E-state index contributed by atoms with van der Waals surface area (Å²) in [4.78, 5) is 37.8. The third-order valence-electron chi connectivity index (χ3n) is 3.58. The van der Waals surface area contributed by atoms with E-state index in [0.717, 1.165) is 0 Å². The van der Waals surface area contributed by atoms with Crippen molar-refractivity contribution in [2.75, 3.05) is 12.4 Å². The third-order valence-corrected chi connectivity index (χ3v) is 4.39. The molecule has 1 amide bonds. The van der Waals surface area contributed by atoms with Gasteiger partial charge < -0.3 is 14.6 Å². The summed E-state index contributed by atoms with van der Waals surface area (Å²) in [5.74, 6) is -0.765. The van der Waals surface area contributed by atoms with Crippen LogP contribution in [-0.4, -0.2) is 39.1 Å². The highest BCUT2D eigenvalue weighted by atomic mass is 32.1. The smallest absolute Gasteiger partial charge is 0.376 e. The monoisotopic (exact) mass is 381 g/mol. The van der Waals surface area contributed by atoms with Crippen LogP contribution in [0.2, 0.25) is 0 Å². The van der Waals surface area contributed by atoms with Gasteiger partial charge in [0.05, 0.1) is 12.5 Å². The SMILES string of the molecule is COC(=O)c1cc(C(=O)Nc2nc(-c3ccccn3)nc3sccc23)no1. The van der Waals surface area contributed by atoms with E-state index in [-0.39, 0.29) is 11.5 Å². The minimum atomic E-state index is -0.721. The number of hydrogen-bond donors (Lipinski definition) is 1. The molecular weight excluding hydrogens is 370 g/mol. The van der Waals surface area contributed by atoms with Gasteiger partial charge in [0.25, 0.3) is 5.91 Å². The number of carbonyl (C=O) groups excluding carboxylic acids is 2. The van der Waals surface area contributed by atoms with Gasteiger partial charge in [-0.25, -0.2) is 14.8 Å². The van der Waals surface area contributed by atoms with Crippen LogP contribution in [0.5, 0.6) is 0 Å². The van der Waals surface area contributed by atoms with Crippen LogP contribution in [0.25, 0.3) is 21.7 Å². The normalized spacial score (nSPS) is 10.7. The van der Waals surface area contributed by atoms with E-state index in [1.165, 1.54) is 24.5 Å². The molecular formula is C17H11N5O4S. The molecule has 134 valence electrons. The number of aromatic nitrogens is 4. The number of amides is 1. The molecule has 0 aliphatic rings. The summed E-state index contributed by atoms with van der Waals surface area (Å²) >= 11 is 1.42. The van der Waals surface area contributed by atoms with Gasteiger partial charge in [-0.1, -0.05) is 11.2 Å². The topological polar surface area (TPSA) is 120 Å². The zero-order chi connectivity index (χ0) is 18.8. The van der Waals surface area contributed by atoms with E-state index in [1.54, 1.807) is 24.4 Å². The number of ether oxygens (including phenoxy) is 1. The highest BCUT2D eigenvalue weighted by molar-refractivity contribution is 7.16. The number of fused-ring (bicyclic) bond motifs is 1. The third kappa shape index (κ3) is 3.25. The Kier molecular flexibility index (Phi) is 4.30. The summed E-state index contributed by atoms with van der Waals surface area (Å²) in [5, 5.41) is 8.81. The van der Waals surface area contributed by atoms with Crippen molar-refractivity contribution in [1.82, 2.24) is 20.1 Å². The fraction of sp³-hybridized carbons (Fsp3) is 0.0588. The van der Waals surface area contributed by atoms with Crippen molar-refractivity contribution in [3.05, 3.63) is 53.4 Å². The Hall–Kier alpha value is -3.66. The average Bonchev–Trinajstić information content (AvgIpc) is 3.37. The molecule has 0 bridgehead atoms. The molecule has 0 aromatic carbocycles. The Bertz CT molecular complexity index is 1140. The van der Waals surface area contributed by atoms with Gasteiger partial charge in [0.15, 0.2) is 11.5 Å². The number of carbonyl (C=O) groups is 2. The predicted molar refractivity (Wildman–Crippen MR) is 96.4 cm³/mol. The molecule has 0 spiro atoms. The van der Waals surface area contributed by atoms with Crippen LogP contribution in [0, 0.1) is 0 Å². The van der Waals surface area contributed by atoms with Crippen LogP contribution in [-0.2, 0) is 4.74 Å². The first-order valence-corrected chi connectivity index (χ1v) is 8.56. The molecule has 4 aromatic heterocycles. The molecule has 0 radical (unpaired) electrons. The molecule has 4 heterocycles. The molecule has 0 aliphatic heterocycles. The average molecular weight is 381 g/mol. The van der Waals surface area contributed by atoms with E-state index in [1.807, 2.05) is 11.4 Å². The Labute approximate surface area is 156 Å². The molecule has 27 heavy (non-hydrogen) atoms. The van der Waals surface area contributed by atoms with Crippen LogP contribution in [0.4, 0.5) is 5.82 Å². The number of thiophene rings is 1. The molecule has 0 fully saturated rings. The van der Waals surface area contributed by atoms with Crippen molar-refractivity contribution >= 4 is 39.2 Å². The minimum Gasteiger partial charge on any atom is -0.463 e. The van der Waals surface area contributed by atoms with Gasteiger partial charge in [-0.05, 0) is 23.6 Å².